The molecular formula is C18H29NO2. The van der Waals surface area contributed by atoms with Crippen molar-refractivity contribution in [3.63, 3.8) is 0 Å². The van der Waals surface area contributed by atoms with Crippen molar-refractivity contribution in [3.8, 4) is 11.5 Å². The number of benzene rings is 1. The molecule has 0 aliphatic heterocycles. The zero-order chi connectivity index (χ0) is 14.9. The molecule has 1 aliphatic rings. The van der Waals surface area contributed by atoms with E-state index in [-0.39, 0.29) is 0 Å². The lowest BCUT2D eigenvalue weighted by molar-refractivity contribution is 0.254. The van der Waals surface area contributed by atoms with Gasteiger partial charge in [-0.05, 0) is 50.3 Å². The molecule has 1 aliphatic carbocycles. The van der Waals surface area contributed by atoms with Crippen LogP contribution in [0.25, 0.3) is 0 Å². The van der Waals surface area contributed by atoms with E-state index in [0.29, 0.717) is 13.2 Å². The molecule has 1 N–H and O–H groups in total. The minimum Gasteiger partial charge on any atom is -0.490 e. The summed E-state index contributed by atoms with van der Waals surface area (Å²) in [5.74, 6) is 3.43. The predicted molar refractivity (Wildman–Crippen MR) is 87.1 cm³/mol. The first-order chi connectivity index (χ1) is 10.3. The van der Waals surface area contributed by atoms with E-state index in [4.69, 9.17) is 9.47 Å². The predicted octanol–water partition coefficient (Wildman–Crippen LogP) is 3.88. The molecule has 2 rings (SSSR count). The maximum absolute atomic E-state index is 5.81. The van der Waals surface area contributed by atoms with Gasteiger partial charge >= 0.3 is 0 Å². The van der Waals surface area contributed by atoms with Crippen molar-refractivity contribution in [1.82, 2.24) is 5.32 Å². The number of rotatable bonds is 8. The topological polar surface area (TPSA) is 30.5 Å². The SMILES string of the molecule is CCOc1ccccc1OCCNCC1CCCC(C)C1. The molecule has 0 heterocycles. The third kappa shape index (κ3) is 5.58. The van der Waals surface area contributed by atoms with Crippen molar-refractivity contribution in [2.24, 2.45) is 11.8 Å². The summed E-state index contributed by atoms with van der Waals surface area (Å²) < 4.78 is 11.4. The second-order valence-electron chi connectivity index (χ2n) is 6.07. The minimum atomic E-state index is 0.665. The molecule has 118 valence electrons. The zero-order valence-electron chi connectivity index (χ0n) is 13.4. The molecule has 2 atom stereocenters. The van der Waals surface area contributed by atoms with Gasteiger partial charge in [0.2, 0.25) is 0 Å². The Bertz CT molecular complexity index is 408. The van der Waals surface area contributed by atoms with Gasteiger partial charge < -0.3 is 14.8 Å². The largest absolute Gasteiger partial charge is 0.490 e. The average molecular weight is 291 g/mol. The van der Waals surface area contributed by atoms with Gasteiger partial charge in [0, 0.05) is 6.54 Å². The molecule has 2 unspecified atom stereocenters. The Balaban J connectivity index is 1.63. The third-order valence-electron chi connectivity index (χ3n) is 4.16. The van der Waals surface area contributed by atoms with E-state index in [1.807, 2.05) is 31.2 Å². The molecule has 0 saturated heterocycles. The van der Waals surface area contributed by atoms with Crippen LogP contribution in [0.4, 0.5) is 0 Å². The highest BCUT2D eigenvalue weighted by atomic mass is 16.5. The van der Waals surface area contributed by atoms with Crippen LogP contribution < -0.4 is 14.8 Å². The summed E-state index contributed by atoms with van der Waals surface area (Å²) in [6.45, 7) is 7.74. The summed E-state index contributed by atoms with van der Waals surface area (Å²) in [5.41, 5.74) is 0. The molecule has 0 radical (unpaired) electrons. The molecule has 0 spiro atoms. The highest BCUT2D eigenvalue weighted by Crippen LogP contribution is 2.28. The van der Waals surface area contributed by atoms with Gasteiger partial charge in [0.05, 0.1) is 6.61 Å². The Hall–Kier alpha value is -1.22. The van der Waals surface area contributed by atoms with Crippen molar-refractivity contribution in [3.05, 3.63) is 24.3 Å². The molecule has 0 bridgehead atoms. The van der Waals surface area contributed by atoms with E-state index in [1.54, 1.807) is 0 Å². The molecule has 0 aromatic heterocycles. The Labute approximate surface area is 129 Å². The van der Waals surface area contributed by atoms with Crippen LogP contribution >= 0.6 is 0 Å². The second-order valence-corrected chi connectivity index (χ2v) is 6.07. The number of hydrogen-bond donors (Lipinski definition) is 1. The van der Waals surface area contributed by atoms with E-state index >= 15 is 0 Å². The summed E-state index contributed by atoms with van der Waals surface area (Å²) in [6.07, 6.45) is 5.56. The van der Waals surface area contributed by atoms with Gasteiger partial charge in [0.15, 0.2) is 11.5 Å². The van der Waals surface area contributed by atoms with Gasteiger partial charge in [-0.25, -0.2) is 0 Å². The Kier molecular flexibility index (Phi) is 6.87. The maximum Gasteiger partial charge on any atom is 0.161 e. The van der Waals surface area contributed by atoms with Gasteiger partial charge in [0.25, 0.3) is 0 Å². The van der Waals surface area contributed by atoms with Crippen molar-refractivity contribution < 1.29 is 9.47 Å². The molecule has 1 aromatic carbocycles. The minimum absolute atomic E-state index is 0.665. The van der Waals surface area contributed by atoms with Crippen LogP contribution in [0.15, 0.2) is 24.3 Å². The van der Waals surface area contributed by atoms with E-state index in [1.165, 1.54) is 25.7 Å². The quantitative estimate of drug-likeness (QED) is 0.737. The molecule has 1 fully saturated rings. The summed E-state index contributed by atoms with van der Waals surface area (Å²) in [4.78, 5) is 0. The van der Waals surface area contributed by atoms with E-state index < -0.39 is 0 Å². The van der Waals surface area contributed by atoms with E-state index in [0.717, 1.165) is 36.4 Å². The van der Waals surface area contributed by atoms with Crippen LogP contribution in [0.5, 0.6) is 11.5 Å². The molecule has 0 amide bonds. The maximum atomic E-state index is 5.81. The van der Waals surface area contributed by atoms with Crippen molar-refractivity contribution in [1.29, 1.82) is 0 Å². The summed E-state index contributed by atoms with van der Waals surface area (Å²) >= 11 is 0. The van der Waals surface area contributed by atoms with Crippen LogP contribution in [0, 0.1) is 11.8 Å². The first kappa shape index (κ1) is 16.2. The van der Waals surface area contributed by atoms with Gasteiger partial charge in [-0.2, -0.15) is 0 Å². The molecule has 3 nitrogen and oxygen atoms in total. The van der Waals surface area contributed by atoms with E-state index in [2.05, 4.69) is 12.2 Å². The monoisotopic (exact) mass is 291 g/mol. The van der Waals surface area contributed by atoms with Crippen LogP contribution in [-0.2, 0) is 0 Å². The summed E-state index contributed by atoms with van der Waals surface area (Å²) in [7, 11) is 0. The molecule has 3 heteroatoms. The van der Waals surface area contributed by atoms with Crippen molar-refractivity contribution >= 4 is 0 Å². The van der Waals surface area contributed by atoms with Gasteiger partial charge in [-0.1, -0.05) is 31.9 Å². The smallest absolute Gasteiger partial charge is 0.161 e. The van der Waals surface area contributed by atoms with E-state index in [9.17, 15) is 0 Å². The molecule has 21 heavy (non-hydrogen) atoms. The van der Waals surface area contributed by atoms with Crippen LogP contribution in [0.2, 0.25) is 0 Å². The Morgan fingerprint density at radius 3 is 2.62 bits per heavy atom. The highest BCUT2D eigenvalue weighted by Gasteiger charge is 2.18. The summed E-state index contributed by atoms with van der Waals surface area (Å²) in [6, 6.07) is 7.87. The fraction of sp³-hybridized carbons (Fsp3) is 0.667. The van der Waals surface area contributed by atoms with Crippen LogP contribution in [0.3, 0.4) is 0 Å². The average Bonchev–Trinajstić information content (AvgIpc) is 2.49. The number of hydrogen-bond acceptors (Lipinski definition) is 3. The van der Waals surface area contributed by atoms with Crippen molar-refractivity contribution in [2.75, 3.05) is 26.3 Å². The first-order valence-electron chi connectivity index (χ1n) is 8.35. The standard InChI is InChI=1S/C18H29NO2/c1-3-20-17-9-4-5-10-18(17)21-12-11-19-14-16-8-6-7-15(2)13-16/h4-5,9-10,15-16,19H,3,6-8,11-14H2,1-2H3. The van der Waals surface area contributed by atoms with Gasteiger partial charge in [-0.3, -0.25) is 0 Å². The number of ether oxygens (including phenoxy) is 2. The number of para-hydroxylation sites is 2. The normalized spacial score (nSPS) is 22.0. The lowest BCUT2D eigenvalue weighted by Crippen LogP contribution is -2.29. The molecular weight excluding hydrogens is 262 g/mol. The second kappa shape index (κ2) is 8.93. The fourth-order valence-electron chi connectivity index (χ4n) is 3.13. The first-order valence-corrected chi connectivity index (χ1v) is 8.35. The van der Waals surface area contributed by atoms with Gasteiger partial charge in [0.1, 0.15) is 6.61 Å². The zero-order valence-corrected chi connectivity index (χ0v) is 13.4. The lowest BCUT2D eigenvalue weighted by atomic mass is 9.82. The molecule has 1 aromatic rings. The summed E-state index contributed by atoms with van der Waals surface area (Å²) in [5, 5.41) is 3.53. The Morgan fingerprint density at radius 1 is 1.14 bits per heavy atom. The van der Waals surface area contributed by atoms with Crippen LogP contribution in [-0.4, -0.2) is 26.3 Å². The van der Waals surface area contributed by atoms with Crippen molar-refractivity contribution in [2.45, 2.75) is 39.5 Å². The van der Waals surface area contributed by atoms with Crippen LogP contribution in [0.1, 0.15) is 39.5 Å². The lowest BCUT2D eigenvalue weighted by Gasteiger charge is -2.26. The highest BCUT2D eigenvalue weighted by molar-refractivity contribution is 5.39. The fourth-order valence-corrected chi connectivity index (χ4v) is 3.13. The number of nitrogens with one attached hydrogen (secondary N) is 1. The van der Waals surface area contributed by atoms with Gasteiger partial charge in [-0.15, -0.1) is 0 Å². The molecule has 1 saturated carbocycles. The third-order valence-corrected chi connectivity index (χ3v) is 4.16. The Morgan fingerprint density at radius 2 is 1.90 bits per heavy atom.